The van der Waals surface area contributed by atoms with Crippen LogP contribution in [0.25, 0.3) is 0 Å². The van der Waals surface area contributed by atoms with Gasteiger partial charge in [0.1, 0.15) is 5.56 Å². The van der Waals surface area contributed by atoms with E-state index in [9.17, 15) is 28.8 Å². The first-order valence-corrected chi connectivity index (χ1v) is 3.80. The number of amides is 1. The second-order valence-electron chi connectivity index (χ2n) is 2.68. The number of halogens is 2. The minimum absolute atomic E-state index is 0.433. The number of hydrogen-bond donors (Lipinski definition) is 2. The maximum atomic E-state index is 12.3. The Kier molecular flexibility index (Phi) is 2.97. The topological polar surface area (TPSA) is 119 Å². The Morgan fingerprint density at radius 3 is 2.56 bits per heavy atom. The molecular formula is C7H5F2N3O4. The summed E-state index contributed by atoms with van der Waals surface area (Å²) < 4.78 is 24.7. The Morgan fingerprint density at radius 2 is 2.19 bits per heavy atom. The Balaban J connectivity index is 3.54. The number of carbonyl (C=O) groups excluding carboxylic acids is 1. The van der Waals surface area contributed by atoms with Gasteiger partial charge in [0.15, 0.2) is 5.69 Å². The highest BCUT2D eigenvalue weighted by atomic mass is 19.3. The summed E-state index contributed by atoms with van der Waals surface area (Å²) in [6, 6.07) is 0. The van der Waals surface area contributed by atoms with Crippen LogP contribution < -0.4 is 5.73 Å². The number of nitrogens with two attached hydrogens (primary N) is 1. The molecule has 9 heteroatoms. The summed E-state index contributed by atoms with van der Waals surface area (Å²) in [7, 11) is 0. The lowest BCUT2D eigenvalue weighted by Crippen LogP contribution is -2.14. The SMILES string of the molecule is NC(=O)c1ncc(C(F)F)c([N+](=O)[O-])c1O. The number of nitrogens with zero attached hydrogens (tertiary/aromatic N) is 2. The van der Waals surface area contributed by atoms with Gasteiger partial charge in [0.2, 0.25) is 5.75 Å². The highest BCUT2D eigenvalue weighted by Crippen LogP contribution is 2.36. The molecule has 0 radical (unpaired) electrons. The predicted octanol–water partition coefficient (Wildman–Crippen LogP) is 0.732. The van der Waals surface area contributed by atoms with E-state index in [1.165, 1.54) is 0 Å². The van der Waals surface area contributed by atoms with Crippen LogP contribution in [0, 0.1) is 10.1 Å². The Labute approximate surface area is 86.7 Å². The second-order valence-corrected chi connectivity index (χ2v) is 2.68. The van der Waals surface area contributed by atoms with Gasteiger partial charge in [-0.15, -0.1) is 0 Å². The fourth-order valence-corrected chi connectivity index (χ4v) is 1.04. The molecule has 0 bridgehead atoms. The van der Waals surface area contributed by atoms with E-state index < -0.39 is 40.0 Å². The quantitative estimate of drug-likeness (QED) is 0.589. The average molecular weight is 233 g/mol. The summed E-state index contributed by atoms with van der Waals surface area (Å²) in [4.78, 5) is 23.0. The van der Waals surface area contributed by atoms with Crippen molar-refractivity contribution in [3.05, 3.63) is 27.6 Å². The Bertz CT molecular complexity index is 463. The molecule has 1 aromatic rings. The number of hydrogen-bond acceptors (Lipinski definition) is 5. The van der Waals surface area contributed by atoms with E-state index >= 15 is 0 Å². The van der Waals surface area contributed by atoms with Gasteiger partial charge in [0.05, 0.1) is 4.92 Å². The summed E-state index contributed by atoms with van der Waals surface area (Å²) >= 11 is 0. The van der Waals surface area contributed by atoms with Gasteiger partial charge in [-0.05, 0) is 0 Å². The molecule has 1 amide bonds. The fraction of sp³-hybridized carbons (Fsp3) is 0.143. The molecule has 7 nitrogen and oxygen atoms in total. The van der Waals surface area contributed by atoms with Crippen LogP contribution in [0.5, 0.6) is 5.75 Å². The van der Waals surface area contributed by atoms with Crippen molar-refractivity contribution in [1.82, 2.24) is 4.98 Å². The summed E-state index contributed by atoms with van der Waals surface area (Å²) in [6.45, 7) is 0. The number of alkyl halides is 2. The number of aromatic nitrogens is 1. The van der Waals surface area contributed by atoms with Gasteiger partial charge in [0, 0.05) is 6.20 Å². The number of rotatable bonds is 3. The lowest BCUT2D eigenvalue weighted by molar-refractivity contribution is -0.387. The van der Waals surface area contributed by atoms with Gasteiger partial charge in [-0.25, -0.2) is 13.8 Å². The van der Waals surface area contributed by atoms with E-state index in [4.69, 9.17) is 5.73 Å². The molecule has 16 heavy (non-hydrogen) atoms. The standard InChI is InChI=1S/C7H5F2N3O4/c8-6(9)2-1-11-3(7(10)14)5(13)4(2)12(15)16/h1,6,13H,(H2,10,14). The van der Waals surface area contributed by atoms with Crippen LogP contribution in [0.1, 0.15) is 22.5 Å². The lowest BCUT2D eigenvalue weighted by Gasteiger charge is -2.05. The molecule has 0 saturated carbocycles. The highest BCUT2D eigenvalue weighted by molar-refractivity contribution is 5.94. The maximum Gasteiger partial charge on any atom is 0.323 e. The second kappa shape index (κ2) is 4.04. The third-order valence-electron chi connectivity index (χ3n) is 1.71. The van der Waals surface area contributed by atoms with E-state index in [-0.39, 0.29) is 0 Å². The van der Waals surface area contributed by atoms with Gasteiger partial charge >= 0.3 is 5.69 Å². The summed E-state index contributed by atoms with van der Waals surface area (Å²) in [5.74, 6) is -2.50. The highest BCUT2D eigenvalue weighted by Gasteiger charge is 2.30. The van der Waals surface area contributed by atoms with Gasteiger partial charge in [-0.2, -0.15) is 0 Å². The van der Waals surface area contributed by atoms with E-state index in [0.29, 0.717) is 6.20 Å². The molecule has 0 saturated heterocycles. The van der Waals surface area contributed by atoms with Crippen LogP contribution in [0.3, 0.4) is 0 Å². The molecule has 0 fully saturated rings. The molecule has 0 spiro atoms. The van der Waals surface area contributed by atoms with E-state index in [1.54, 1.807) is 0 Å². The molecule has 0 aromatic carbocycles. The first-order valence-electron chi connectivity index (χ1n) is 3.80. The van der Waals surface area contributed by atoms with Gasteiger partial charge in [0.25, 0.3) is 12.3 Å². The molecule has 86 valence electrons. The molecule has 0 aliphatic heterocycles. The summed E-state index contributed by atoms with van der Waals surface area (Å²) in [5.41, 5.74) is 1.57. The lowest BCUT2D eigenvalue weighted by atomic mass is 10.2. The Morgan fingerprint density at radius 1 is 1.62 bits per heavy atom. The van der Waals surface area contributed by atoms with Gasteiger partial charge < -0.3 is 10.8 Å². The first-order chi connectivity index (χ1) is 7.36. The fourth-order valence-electron chi connectivity index (χ4n) is 1.04. The molecule has 1 heterocycles. The van der Waals surface area contributed by atoms with Crippen molar-refractivity contribution in [2.24, 2.45) is 5.73 Å². The number of pyridine rings is 1. The molecule has 0 unspecified atom stereocenters. The minimum Gasteiger partial charge on any atom is -0.500 e. The normalized spacial score (nSPS) is 10.4. The van der Waals surface area contributed by atoms with Crippen molar-refractivity contribution in [3.63, 3.8) is 0 Å². The first kappa shape index (κ1) is 11.8. The van der Waals surface area contributed by atoms with Gasteiger partial charge in [-0.3, -0.25) is 14.9 Å². The van der Waals surface area contributed by atoms with Crippen molar-refractivity contribution >= 4 is 11.6 Å². The number of aromatic hydroxyl groups is 1. The van der Waals surface area contributed by atoms with Crippen LogP contribution in [0.2, 0.25) is 0 Å². The summed E-state index contributed by atoms with van der Waals surface area (Å²) in [6.07, 6.45) is -2.76. The molecule has 1 rings (SSSR count). The largest absolute Gasteiger partial charge is 0.500 e. The van der Waals surface area contributed by atoms with Crippen LogP contribution in [0.4, 0.5) is 14.5 Å². The van der Waals surface area contributed by atoms with E-state index in [1.807, 2.05) is 0 Å². The molecular weight excluding hydrogens is 228 g/mol. The molecule has 0 aliphatic rings. The minimum atomic E-state index is -3.19. The van der Waals surface area contributed by atoms with Crippen molar-refractivity contribution in [2.75, 3.05) is 0 Å². The van der Waals surface area contributed by atoms with E-state index in [2.05, 4.69) is 4.98 Å². The van der Waals surface area contributed by atoms with E-state index in [0.717, 1.165) is 0 Å². The molecule has 0 aliphatic carbocycles. The zero-order chi connectivity index (χ0) is 12.5. The van der Waals surface area contributed by atoms with Crippen molar-refractivity contribution < 1.29 is 23.6 Å². The smallest absolute Gasteiger partial charge is 0.323 e. The zero-order valence-corrected chi connectivity index (χ0v) is 7.55. The van der Waals surface area contributed by atoms with Crippen molar-refractivity contribution in [1.29, 1.82) is 0 Å². The predicted molar refractivity (Wildman–Crippen MR) is 46.0 cm³/mol. The van der Waals surface area contributed by atoms with Crippen LogP contribution >= 0.6 is 0 Å². The van der Waals surface area contributed by atoms with Crippen molar-refractivity contribution in [3.8, 4) is 5.75 Å². The zero-order valence-electron chi connectivity index (χ0n) is 7.55. The number of nitro groups is 1. The molecule has 3 N–H and O–H groups in total. The maximum absolute atomic E-state index is 12.3. The van der Waals surface area contributed by atoms with Crippen LogP contribution in [0.15, 0.2) is 6.20 Å². The molecule has 0 atom stereocenters. The third kappa shape index (κ3) is 1.87. The average Bonchev–Trinajstić information content (AvgIpc) is 2.15. The monoisotopic (exact) mass is 233 g/mol. The van der Waals surface area contributed by atoms with Crippen molar-refractivity contribution in [2.45, 2.75) is 6.43 Å². The van der Waals surface area contributed by atoms with Gasteiger partial charge in [-0.1, -0.05) is 0 Å². The molecule has 1 aromatic heterocycles. The number of carbonyl (C=O) groups is 1. The third-order valence-corrected chi connectivity index (χ3v) is 1.71. The Hall–Kier alpha value is -2.32. The summed E-state index contributed by atoms with van der Waals surface area (Å²) in [5, 5.41) is 19.7. The van der Waals surface area contributed by atoms with Crippen LogP contribution in [-0.4, -0.2) is 20.9 Å². The van der Waals surface area contributed by atoms with Crippen LogP contribution in [-0.2, 0) is 0 Å². The number of primary amides is 1.